The first-order valence-electron chi connectivity index (χ1n) is 5.31. The maximum Gasteiger partial charge on any atom is 0.325 e. The van der Waals surface area contributed by atoms with Crippen molar-refractivity contribution in [2.75, 3.05) is 6.54 Å². The number of carbonyl (C=O) groups excluding carboxylic acids is 3. The smallest absolute Gasteiger partial charge is 0.325 e. The van der Waals surface area contributed by atoms with E-state index in [9.17, 15) is 19.2 Å². The Kier molecular flexibility index (Phi) is 3.59. The molecule has 1 aliphatic heterocycles. The molecule has 1 saturated heterocycles. The Morgan fingerprint density at radius 3 is 2.39 bits per heavy atom. The summed E-state index contributed by atoms with van der Waals surface area (Å²) < 4.78 is 0. The number of carbonyl (C=O) groups is 4. The van der Waals surface area contributed by atoms with Gasteiger partial charge in [-0.1, -0.05) is 0 Å². The fraction of sp³-hybridized carbons (Fsp3) is 0.600. The number of carboxylic acids is 1. The summed E-state index contributed by atoms with van der Waals surface area (Å²) in [5.74, 6) is -2.31. The van der Waals surface area contributed by atoms with Crippen molar-refractivity contribution >= 4 is 23.8 Å². The molecule has 0 aromatic heterocycles. The third-order valence-corrected chi connectivity index (χ3v) is 2.75. The third kappa shape index (κ3) is 2.58. The largest absolute Gasteiger partial charge is 0.480 e. The molecule has 0 spiro atoms. The second kappa shape index (κ2) is 4.63. The van der Waals surface area contributed by atoms with Gasteiger partial charge in [0.15, 0.2) is 0 Å². The zero-order valence-electron chi connectivity index (χ0n) is 10.3. The number of hydrogen-bond donors (Lipinski definition) is 3. The topological polar surface area (TPSA) is 116 Å². The number of amides is 4. The van der Waals surface area contributed by atoms with Gasteiger partial charge >= 0.3 is 12.0 Å². The Morgan fingerprint density at radius 1 is 1.44 bits per heavy atom. The Balaban J connectivity index is 2.68. The van der Waals surface area contributed by atoms with E-state index in [0.717, 1.165) is 4.90 Å². The van der Waals surface area contributed by atoms with Crippen molar-refractivity contribution in [3.63, 3.8) is 0 Å². The molecule has 0 saturated carbocycles. The second-order valence-electron chi connectivity index (χ2n) is 4.53. The van der Waals surface area contributed by atoms with Gasteiger partial charge in [-0.3, -0.25) is 19.7 Å². The third-order valence-electron chi connectivity index (χ3n) is 2.75. The van der Waals surface area contributed by atoms with Crippen molar-refractivity contribution in [3.05, 3.63) is 0 Å². The van der Waals surface area contributed by atoms with Crippen LogP contribution >= 0.6 is 0 Å². The SMILES string of the molecule is CC(NC(=O)CN1C(=O)NC(=O)C1(C)C)C(=O)O. The van der Waals surface area contributed by atoms with Crippen molar-refractivity contribution < 1.29 is 24.3 Å². The van der Waals surface area contributed by atoms with Crippen molar-refractivity contribution in [2.24, 2.45) is 0 Å². The Morgan fingerprint density at radius 2 is 2.00 bits per heavy atom. The van der Waals surface area contributed by atoms with Crippen LogP contribution in [0.5, 0.6) is 0 Å². The van der Waals surface area contributed by atoms with E-state index in [-0.39, 0.29) is 6.54 Å². The highest BCUT2D eigenvalue weighted by Gasteiger charge is 2.46. The average Bonchev–Trinajstić information content (AvgIpc) is 2.41. The molecule has 8 nitrogen and oxygen atoms in total. The molecule has 1 unspecified atom stereocenters. The number of aliphatic carboxylic acids is 1. The molecular weight excluding hydrogens is 242 g/mol. The quantitative estimate of drug-likeness (QED) is 0.553. The van der Waals surface area contributed by atoms with Crippen LogP contribution in [0.4, 0.5) is 4.79 Å². The highest BCUT2D eigenvalue weighted by Crippen LogP contribution is 2.19. The molecule has 1 heterocycles. The lowest BCUT2D eigenvalue weighted by Crippen LogP contribution is -2.50. The zero-order valence-corrected chi connectivity index (χ0v) is 10.3. The first-order valence-corrected chi connectivity index (χ1v) is 5.31. The maximum absolute atomic E-state index is 11.5. The predicted octanol–water partition coefficient (Wildman–Crippen LogP) is -1.09. The van der Waals surface area contributed by atoms with Gasteiger partial charge in [-0.2, -0.15) is 0 Å². The van der Waals surface area contributed by atoms with Crippen LogP contribution in [-0.4, -0.2) is 51.9 Å². The molecule has 0 radical (unpaired) electrons. The van der Waals surface area contributed by atoms with E-state index in [1.165, 1.54) is 20.8 Å². The fourth-order valence-corrected chi connectivity index (χ4v) is 1.46. The van der Waals surface area contributed by atoms with Crippen molar-refractivity contribution in [2.45, 2.75) is 32.4 Å². The van der Waals surface area contributed by atoms with Gasteiger partial charge in [0.05, 0.1) is 0 Å². The lowest BCUT2D eigenvalue weighted by molar-refractivity contribution is -0.141. The van der Waals surface area contributed by atoms with Gasteiger partial charge in [-0.25, -0.2) is 4.79 Å². The van der Waals surface area contributed by atoms with E-state index in [4.69, 9.17) is 5.11 Å². The van der Waals surface area contributed by atoms with Gasteiger partial charge in [0.1, 0.15) is 18.1 Å². The number of imide groups is 1. The van der Waals surface area contributed by atoms with E-state index in [1.54, 1.807) is 0 Å². The van der Waals surface area contributed by atoms with Crippen LogP contribution in [-0.2, 0) is 14.4 Å². The first kappa shape index (κ1) is 13.9. The van der Waals surface area contributed by atoms with Gasteiger partial charge in [-0.05, 0) is 20.8 Å². The number of hydrogen-bond acceptors (Lipinski definition) is 4. The zero-order chi connectivity index (χ0) is 14.1. The summed E-state index contributed by atoms with van der Waals surface area (Å²) in [5.41, 5.74) is -1.12. The van der Waals surface area contributed by atoms with Crippen LogP contribution in [0.15, 0.2) is 0 Å². The van der Waals surface area contributed by atoms with Gasteiger partial charge in [0.2, 0.25) is 5.91 Å². The minimum Gasteiger partial charge on any atom is -0.480 e. The average molecular weight is 257 g/mol. The van der Waals surface area contributed by atoms with E-state index in [2.05, 4.69) is 10.6 Å². The molecule has 1 rings (SSSR count). The van der Waals surface area contributed by atoms with Gasteiger partial charge in [0.25, 0.3) is 5.91 Å². The molecule has 3 N–H and O–H groups in total. The number of nitrogens with zero attached hydrogens (tertiary/aromatic N) is 1. The molecule has 0 aromatic rings. The fourth-order valence-electron chi connectivity index (χ4n) is 1.46. The highest BCUT2D eigenvalue weighted by atomic mass is 16.4. The predicted molar refractivity (Wildman–Crippen MR) is 59.6 cm³/mol. The number of nitrogens with one attached hydrogen (secondary N) is 2. The normalized spacial score (nSPS) is 19.4. The minimum atomic E-state index is -1.18. The summed E-state index contributed by atoms with van der Waals surface area (Å²) in [6.45, 7) is 3.94. The van der Waals surface area contributed by atoms with Crippen LogP contribution in [0.25, 0.3) is 0 Å². The van der Waals surface area contributed by atoms with Gasteiger partial charge in [-0.15, -0.1) is 0 Å². The van der Waals surface area contributed by atoms with Crippen LogP contribution in [0.3, 0.4) is 0 Å². The van der Waals surface area contributed by atoms with E-state index in [1.807, 2.05) is 0 Å². The molecule has 0 bridgehead atoms. The van der Waals surface area contributed by atoms with Crippen LogP contribution < -0.4 is 10.6 Å². The summed E-state index contributed by atoms with van der Waals surface area (Å²) in [6, 6.07) is -1.72. The summed E-state index contributed by atoms with van der Waals surface area (Å²) >= 11 is 0. The van der Waals surface area contributed by atoms with Crippen LogP contribution in [0, 0.1) is 0 Å². The van der Waals surface area contributed by atoms with Crippen LogP contribution in [0.2, 0.25) is 0 Å². The van der Waals surface area contributed by atoms with E-state index in [0.29, 0.717) is 0 Å². The van der Waals surface area contributed by atoms with Crippen LogP contribution in [0.1, 0.15) is 20.8 Å². The van der Waals surface area contributed by atoms with E-state index >= 15 is 0 Å². The second-order valence-corrected chi connectivity index (χ2v) is 4.53. The Hall–Kier alpha value is -2.12. The molecule has 4 amide bonds. The first-order chi connectivity index (χ1) is 8.16. The van der Waals surface area contributed by atoms with Crippen molar-refractivity contribution in [1.82, 2.24) is 15.5 Å². The summed E-state index contributed by atoms with van der Waals surface area (Å²) in [6.07, 6.45) is 0. The van der Waals surface area contributed by atoms with Gasteiger partial charge < -0.3 is 15.3 Å². The standard InChI is InChI=1S/C10H15N3O5/c1-5(7(15)16)11-6(14)4-13-9(18)12-8(17)10(13,2)3/h5H,4H2,1-3H3,(H,11,14)(H,15,16)(H,12,17,18). The molecule has 0 aliphatic carbocycles. The molecule has 18 heavy (non-hydrogen) atoms. The number of carboxylic acid groups (broad SMARTS) is 1. The van der Waals surface area contributed by atoms with Crippen molar-refractivity contribution in [1.29, 1.82) is 0 Å². The number of urea groups is 1. The molecule has 1 atom stereocenters. The minimum absolute atomic E-state index is 0.373. The monoisotopic (exact) mass is 257 g/mol. The highest BCUT2D eigenvalue weighted by molar-refractivity contribution is 6.07. The summed E-state index contributed by atoms with van der Waals surface area (Å²) in [7, 11) is 0. The molecule has 100 valence electrons. The molecule has 1 fully saturated rings. The van der Waals surface area contributed by atoms with Crippen molar-refractivity contribution in [3.8, 4) is 0 Å². The summed E-state index contributed by atoms with van der Waals surface area (Å²) in [5, 5.41) is 12.9. The lowest BCUT2D eigenvalue weighted by atomic mass is 10.0. The number of rotatable bonds is 4. The van der Waals surface area contributed by atoms with Gasteiger partial charge in [0, 0.05) is 0 Å². The van der Waals surface area contributed by atoms with E-state index < -0.39 is 35.4 Å². The Bertz CT molecular complexity index is 418. The summed E-state index contributed by atoms with van der Waals surface area (Å²) in [4.78, 5) is 46.0. The molecular formula is C10H15N3O5. The Labute approximate surface area is 103 Å². The molecule has 0 aromatic carbocycles. The maximum atomic E-state index is 11.5. The molecule has 8 heteroatoms. The molecule has 1 aliphatic rings. The lowest BCUT2D eigenvalue weighted by Gasteiger charge is -2.27.